The van der Waals surface area contributed by atoms with Crippen molar-refractivity contribution in [3.05, 3.63) is 41.5 Å². The summed E-state index contributed by atoms with van der Waals surface area (Å²) in [6.45, 7) is 1.94. The van der Waals surface area contributed by atoms with Crippen molar-refractivity contribution in [2.45, 2.75) is 31.1 Å². The Kier molecular flexibility index (Phi) is 5.74. The molecular weight excluding hydrogens is 332 g/mol. The van der Waals surface area contributed by atoms with Gasteiger partial charge >= 0.3 is 0 Å². The summed E-state index contributed by atoms with van der Waals surface area (Å²) in [5.41, 5.74) is 4.03. The van der Waals surface area contributed by atoms with Gasteiger partial charge in [0.15, 0.2) is 9.84 Å². The number of rotatable bonds is 6. The summed E-state index contributed by atoms with van der Waals surface area (Å²) in [5.74, 6) is -0.967. The van der Waals surface area contributed by atoms with E-state index in [2.05, 4.69) is 5.16 Å². The van der Waals surface area contributed by atoms with Crippen molar-refractivity contribution in [2.75, 3.05) is 6.26 Å². The molecule has 1 amide bonds. The smallest absolute Gasteiger partial charge is 0.261 e. The van der Waals surface area contributed by atoms with Crippen molar-refractivity contribution < 1.29 is 23.3 Å². The Hall–Kier alpha value is -2.19. The molecule has 1 aliphatic rings. The topological polar surface area (TPSA) is 105 Å². The van der Waals surface area contributed by atoms with Crippen molar-refractivity contribution in [3.63, 3.8) is 0 Å². The van der Waals surface area contributed by atoms with Gasteiger partial charge in [0.1, 0.15) is 11.4 Å². The van der Waals surface area contributed by atoms with Crippen LogP contribution >= 0.6 is 0 Å². The quantitative estimate of drug-likeness (QED) is 0.596. The number of carbonyl (C=O) groups is 1. The summed E-state index contributed by atoms with van der Waals surface area (Å²) in [6.07, 6.45) is 4.65. The molecule has 0 aromatic heterocycles. The number of benzene rings is 1. The normalized spacial score (nSPS) is 19.0. The maximum Gasteiger partial charge on any atom is 0.261 e. The molecular formula is C16H20N2O5S. The summed E-state index contributed by atoms with van der Waals surface area (Å²) in [4.78, 5) is 16.8. The van der Waals surface area contributed by atoms with Crippen LogP contribution in [0.2, 0.25) is 0 Å². The van der Waals surface area contributed by atoms with E-state index in [1.54, 1.807) is 0 Å². The molecule has 2 rings (SSSR count). The van der Waals surface area contributed by atoms with Crippen LogP contribution in [0.25, 0.3) is 6.08 Å². The SMILES string of the molecule is C/C=C/c1ccc(C2=NO[C@@H](CC(C(=O)NO)S(C)(=O)=O)C2)cc1. The molecule has 0 bridgehead atoms. The molecule has 0 spiro atoms. The molecule has 1 aromatic carbocycles. The monoisotopic (exact) mass is 352 g/mol. The highest BCUT2D eigenvalue weighted by Crippen LogP contribution is 2.22. The van der Waals surface area contributed by atoms with Crippen LogP contribution in [0.4, 0.5) is 0 Å². The molecule has 0 radical (unpaired) electrons. The predicted octanol–water partition coefficient (Wildman–Crippen LogP) is 1.52. The van der Waals surface area contributed by atoms with Gasteiger partial charge in [0, 0.05) is 19.1 Å². The molecule has 1 heterocycles. The maximum absolute atomic E-state index is 11.7. The number of nitrogens with one attached hydrogen (secondary N) is 1. The Morgan fingerprint density at radius 3 is 2.67 bits per heavy atom. The van der Waals surface area contributed by atoms with Crippen LogP contribution in [0, 0.1) is 0 Å². The first-order valence-corrected chi connectivity index (χ1v) is 9.39. The summed E-state index contributed by atoms with van der Waals surface area (Å²) in [5, 5.41) is 11.3. The van der Waals surface area contributed by atoms with E-state index >= 15 is 0 Å². The molecule has 1 aromatic rings. The Balaban J connectivity index is 2.04. The third-order valence-corrected chi connectivity index (χ3v) is 5.17. The fraction of sp³-hybridized carbons (Fsp3) is 0.375. The minimum absolute atomic E-state index is 0.0745. The zero-order valence-electron chi connectivity index (χ0n) is 13.5. The fourth-order valence-electron chi connectivity index (χ4n) is 2.49. The highest BCUT2D eigenvalue weighted by molar-refractivity contribution is 7.92. The van der Waals surface area contributed by atoms with Crippen LogP contribution in [0.15, 0.2) is 35.5 Å². The Morgan fingerprint density at radius 1 is 1.46 bits per heavy atom. The van der Waals surface area contributed by atoms with Gasteiger partial charge < -0.3 is 4.84 Å². The molecule has 130 valence electrons. The van der Waals surface area contributed by atoms with Crippen molar-refractivity contribution in [1.29, 1.82) is 0 Å². The number of nitrogens with zero attached hydrogens (tertiary/aromatic N) is 1. The van der Waals surface area contributed by atoms with E-state index in [-0.39, 0.29) is 6.42 Å². The van der Waals surface area contributed by atoms with Crippen molar-refractivity contribution >= 4 is 27.5 Å². The summed E-state index contributed by atoms with van der Waals surface area (Å²) in [6, 6.07) is 7.72. The molecule has 0 aliphatic carbocycles. The second-order valence-corrected chi connectivity index (χ2v) is 7.85. The number of oxime groups is 1. The van der Waals surface area contributed by atoms with Crippen LogP contribution in [0.5, 0.6) is 0 Å². The molecule has 2 N–H and O–H groups in total. The number of amides is 1. The molecule has 8 heteroatoms. The first-order valence-electron chi connectivity index (χ1n) is 7.43. The standard InChI is InChI=1S/C16H20N2O5S/c1-3-4-11-5-7-12(8-6-11)14-9-13(23-18-14)10-15(16(19)17-20)24(2,21)22/h3-8,13,15,20H,9-10H2,1-2H3,(H,17,19)/b4-3+/t13-,15?/m1/s1. The summed E-state index contributed by atoms with van der Waals surface area (Å²) in [7, 11) is -3.67. The predicted molar refractivity (Wildman–Crippen MR) is 90.4 cm³/mol. The minimum atomic E-state index is -3.67. The zero-order chi connectivity index (χ0) is 17.7. The number of carbonyl (C=O) groups excluding carboxylic acids is 1. The second-order valence-electron chi connectivity index (χ2n) is 5.62. The van der Waals surface area contributed by atoms with Crippen molar-refractivity contribution in [1.82, 2.24) is 5.48 Å². The lowest BCUT2D eigenvalue weighted by Crippen LogP contribution is -2.40. The summed E-state index contributed by atoms with van der Waals surface area (Å²) >= 11 is 0. The lowest BCUT2D eigenvalue weighted by Gasteiger charge is -2.15. The van der Waals surface area contributed by atoms with Gasteiger partial charge in [-0.1, -0.05) is 41.6 Å². The molecule has 0 fully saturated rings. The number of sulfone groups is 1. The lowest BCUT2D eigenvalue weighted by atomic mass is 10.0. The maximum atomic E-state index is 11.7. The molecule has 7 nitrogen and oxygen atoms in total. The lowest BCUT2D eigenvalue weighted by molar-refractivity contribution is -0.129. The average molecular weight is 352 g/mol. The number of allylic oxidation sites excluding steroid dienone is 1. The van der Waals surface area contributed by atoms with Crippen LogP contribution in [-0.4, -0.2) is 42.9 Å². The largest absolute Gasteiger partial charge is 0.392 e. The van der Waals surface area contributed by atoms with Crippen LogP contribution in [0.3, 0.4) is 0 Å². The third kappa shape index (κ3) is 4.42. The van der Waals surface area contributed by atoms with E-state index in [0.717, 1.165) is 17.4 Å². The minimum Gasteiger partial charge on any atom is -0.392 e. The van der Waals surface area contributed by atoms with Gasteiger partial charge in [0.2, 0.25) is 0 Å². The van der Waals surface area contributed by atoms with Crippen molar-refractivity contribution in [3.8, 4) is 0 Å². The van der Waals surface area contributed by atoms with Gasteiger partial charge in [-0.15, -0.1) is 0 Å². The first-order chi connectivity index (χ1) is 11.3. The van der Waals surface area contributed by atoms with E-state index < -0.39 is 27.1 Å². The molecule has 0 saturated heterocycles. The molecule has 0 saturated carbocycles. The van der Waals surface area contributed by atoms with Gasteiger partial charge in [0.05, 0.1) is 5.71 Å². The van der Waals surface area contributed by atoms with Gasteiger partial charge in [-0.25, -0.2) is 13.9 Å². The molecule has 2 atom stereocenters. The van der Waals surface area contributed by atoms with E-state index in [1.807, 2.05) is 43.3 Å². The third-order valence-electron chi connectivity index (χ3n) is 3.73. The van der Waals surface area contributed by atoms with E-state index in [9.17, 15) is 13.2 Å². The molecule has 1 unspecified atom stereocenters. The highest BCUT2D eigenvalue weighted by Gasteiger charge is 2.35. The first kappa shape index (κ1) is 18.2. The average Bonchev–Trinajstić information content (AvgIpc) is 3.00. The Labute approximate surface area is 140 Å². The molecule has 1 aliphatic heterocycles. The van der Waals surface area contributed by atoms with E-state index in [1.165, 1.54) is 5.48 Å². The van der Waals surface area contributed by atoms with Gasteiger partial charge in [-0.2, -0.15) is 0 Å². The van der Waals surface area contributed by atoms with Gasteiger partial charge in [-0.05, 0) is 18.1 Å². The summed E-state index contributed by atoms with van der Waals surface area (Å²) < 4.78 is 23.4. The highest BCUT2D eigenvalue weighted by atomic mass is 32.2. The van der Waals surface area contributed by atoms with Gasteiger partial charge in [-0.3, -0.25) is 10.0 Å². The van der Waals surface area contributed by atoms with E-state index in [4.69, 9.17) is 10.0 Å². The van der Waals surface area contributed by atoms with E-state index in [0.29, 0.717) is 12.1 Å². The van der Waals surface area contributed by atoms with Crippen LogP contribution in [-0.2, 0) is 19.5 Å². The number of hydrogen-bond donors (Lipinski definition) is 2. The second kappa shape index (κ2) is 7.59. The number of hydrogen-bond acceptors (Lipinski definition) is 6. The number of hydroxylamine groups is 1. The van der Waals surface area contributed by atoms with Crippen LogP contribution in [0.1, 0.15) is 30.9 Å². The molecule has 24 heavy (non-hydrogen) atoms. The van der Waals surface area contributed by atoms with Gasteiger partial charge in [0.25, 0.3) is 5.91 Å². The Morgan fingerprint density at radius 2 is 2.12 bits per heavy atom. The van der Waals surface area contributed by atoms with Crippen molar-refractivity contribution in [2.24, 2.45) is 5.16 Å². The Bertz CT molecular complexity index is 753. The fourth-order valence-corrected chi connectivity index (χ4v) is 3.50. The zero-order valence-corrected chi connectivity index (χ0v) is 14.3. The van der Waals surface area contributed by atoms with Crippen LogP contribution < -0.4 is 5.48 Å².